The number of thiophene rings is 1. The zero-order chi connectivity index (χ0) is 21.9. The van der Waals surface area contributed by atoms with Crippen LogP contribution in [0.3, 0.4) is 0 Å². The maximum atomic E-state index is 6.48. The van der Waals surface area contributed by atoms with Gasteiger partial charge in [-0.25, -0.2) is 0 Å². The van der Waals surface area contributed by atoms with Crippen LogP contribution in [0, 0.1) is 17.8 Å². The van der Waals surface area contributed by atoms with Crippen LogP contribution in [0.4, 0.5) is 0 Å². The molecule has 0 radical (unpaired) electrons. The summed E-state index contributed by atoms with van der Waals surface area (Å²) in [5, 5.41) is 6.05. The summed E-state index contributed by atoms with van der Waals surface area (Å²) in [6, 6.07) is 8.21. The van der Waals surface area contributed by atoms with E-state index in [0.29, 0.717) is 16.9 Å². The molecule has 1 aromatic carbocycles. The lowest BCUT2D eigenvalue weighted by Gasteiger charge is -2.34. The Kier molecular flexibility index (Phi) is 7.78. The smallest absolute Gasteiger partial charge is 0.0495 e. The van der Waals surface area contributed by atoms with E-state index in [4.69, 9.17) is 27.9 Å². The van der Waals surface area contributed by atoms with Gasteiger partial charge in [0.1, 0.15) is 0 Å². The Balaban J connectivity index is 1.16. The average molecular weight is 494 g/mol. The number of halogens is 2. The van der Waals surface area contributed by atoms with Gasteiger partial charge in [-0.3, -0.25) is 4.90 Å². The zero-order valence-corrected chi connectivity index (χ0v) is 21.1. The summed E-state index contributed by atoms with van der Waals surface area (Å²) >= 11 is 14.4. The van der Waals surface area contributed by atoms with Crippen molar-refractivity contribution in [2.24, 2.45) is 17.8 Å². The Bertz CT molecular complexity index is 865. The first-order valence-electron chi connectivity index (χ1n) is 12.1. The SMILES string of the molecule is Clc1ccc(CN2CC(CN3CCC(COCC4CC4)CC3)C(c3ccsc3)C2)c(Cl)c1. The van der Waals surface area contributed by atoms with Crippen LogP contribution in [-0.4, -0.2) is 55.7 Å². The van der Waals surface area contributed by atoms with Crippen LogP contribution in [0.2, 0.25) is 10.0 Å². The minimum atomic E-state index is 0.604. The van der Waals surface area contributed by atoms with Gasteiger partial charge in [0.25, 0.3) is 0 Å². The lowest BCUT2D eigenvalue weighted by atomic mass is 9.89. The molecule has 6 heteroatoms. The highest BCUT2D eigenvalue weighted by Crippen LogP contribution is 2.36. The average Bonchev–Trinajstić information content (AvgIpc) is 3.28. The molecule has 1 aliphatic carbocycles. The van der Waals surface area contributed by atoms with E-state index >= 15 is 0 Å². The van der Waals surface area contributed by atoms with E-state index in [1.807, 2.05) is 23.5 Å². The molecule has 0 amide bonds. The van der Waals surface area contributed by atoms with Crippen molar-refractivity contribution in [1.82, 2.24) is 9.80 Å². The van der Waals surface area contributed by atoms with E-state index in [1.165, 1.54) is 56.4 Å². The Labute approximate surface area is 206 Å². The monoisotopic (exact) mass is 492 g/mol. The first-order chi connectivity index (χ1) is 15.6. The van der Waals surface area contributed by atoms with Gasteiger partial charge >= 0.3 is 0 Å². The third-order valence-electron chi connectivity index (χ3n) is 7.50. The molecule has 2 atom stereocenters. The number of ether oxygens (including phenoxy) is 1. The van der Waals surface area contributed by atoms with Crippen molar-refractivity contribution in [2.75, 3.05) is 45.9 Å². The van der Waals surface area contributed by atoms with E-state index in [9.17, 15) is 0 Å². The highest BCUT2D eigenvalue weighted by atomic mass is 35.5. The highest BCUT2D eigenvalue weighted by molar-refractivity contribution is 7.08. The summed E-state index contributed by atoms with van der Waals surface area (Å²) in [6.45, 7) is 8.73. The van der Waals surface area contributed by atoms with Gasteiger partial charge in [-0.2, -0.15) is 11.3 Å². The van der Waals surface area contributed by atoms with Crippen LogP contribution < -0.4 is 0 Å². The van der Waals surface area contributed by atoms with Crippen molar-refractivity contribution in [3.8, 4) is 0 Å². The Morgan fingerprint density at radius 3 is 2.41 bits per heavy atom. The molecule has 2 aliphatic heterocycles. The van der Waals surface area contributed by atoms with E-state index in [0.717, 1.165) is 49.7 Å². The van der Waals surface area contributed by atoms with Crippen molar-refractivity contribution in [3.05, 3.63) is 56.2 Å². The fourth-order valence-electron chi connectivity index (χ4n) is 5.38. The lowest BCUT2D eigenvalue weighted by Crippen LogP contribution is -2.39. The molecule has 3 fully saturated rings. The van der Waals surface area contributed by atoms with Crippen LogP contribution in [-0.2, 0) is 11.3 Å². The molecule has 2 unspecified atom stereocenters. The molecule has 2 saturated heterocycles. The first kappa shape index (κ1) is 23.1. The molecule has 3 aliphatic rings. The van der Waals surface area contributed by atoms with Gasteiger partial charge in [-0.1, -0.05) is 29.3 Å². The standard InChI is InChI=1S/C26H34Cl2N2OS/c27-24-4-3-21(26(28)11-24)12-30-14-23(25(15-30)22-7-10-32-18-22)13-29-8-5-20(6-9-29)17-31-16-19-1-2-19/h3-4,7,10-11,18-20,23,25H,1-2,5-6,8-9,12-17H2. The molecule has 0 N–H and O–H groups in total. The van der Waals surface area contributed by atoms with Gasteiger partial charge in [0.15, 0.2) is 0 Å². The molecule has 5 rings (SSSR count). The van der Waals surface area contributed by atoms with Crippen molar-refractivity contribution in [3.63, 3.8) is 0 Å². The van der Waals surface area contributed by atoms with Crippen LogP contribution in [0.25, 0.3) is 0 Å². The predicted octanol–water partition coefficient (Wildman–Crippen LogP) is 6.41. The molecule has 1 aromatic heterocycles. The van der Waals surface area contributed by atoms with E-state index in [1.54, 1.807) is 0 Å². The molecule has 2 aromatic rings. The summed E-state index contributed by atoms with van der Waals surface area (Å²) in [4.78, 5) is 5.29. The van der Waals surface area contributed by atoms with Gasteiger partial charge in [0.05, 0.1) is 0 Å². The van der Waals surface area contributed by atoms with Gasteiger partial charge in [-0.05, 0) is 96.6 Å². The van der Waals surface area contributed by atoms with Gasteiger partial charge in [-0.15, -0.1) is 0 Å². The number of likely N-dealkylation sites (tertiary alicyclic amines) is 2. The van der Waals surface area contributed by atoms with E-state index in [-0.39, 0.29) is 0 Å². The molecule has 3 heterocycles. The van der Waals surface area contributed by atoms with Gasteiger partial charge in [0.2, 0.25) is 0 Å². The zero-order valence-electron chi connectivity index (χ0n) is 18.7. The largest absolute Gasteiger partial charge is 0.381 e. The molecule has 32 heavy (non-hydrogen) atoms. The topological polar surface area (TPSA) is 15.7 Å². The predicted molar refractivity (Wildman–Crippen MR) is 135 cm³/mol. The quantitative estimate of drug-likeness (QED) is 0.402. The number of hydrogen-bond donors (Lipinski definition) is 0. The second kappa shape index (κ2) is 10.8. The normalized spacial score (nSPS) is 25.6. The Morgan fingerprint density at radius 1 is 0.938 bits per heavy atom. The number of hydrogen-bond acceptors (Lipinski definition) is 4. The number of piperidine rings is 1. The summed E-state index contributed by atoms with van der Waals surface area (Å²) in [5.41, 5.74) is 2.68. The summed E-state index contributed by atoms with van der Waals surface area (Å²) in [7, 11) is 0. The van der Waals surface area contributed by atoms with E-state index < -0.39 is 0 Å². The van der Waals surface area contributed by atoms with Crippen molar-refractivity contribution in [1.29, 1.82) is 0 Å². The van der Waals surface area contributed by atoms with Gasteiger partial charge in [0, 0.05) is 55.4 Å². The van der Waals surface area contributed by atoms with Gasteiger partial charge < -0.3 is 9.64 Å². The van der Waals surface area contributed by atoms with Crippen LogP contribution in [0.1, 0.15) is 42.7 Å². The second-order valence-electron chi connectivity index (χ2n) is 10.1. The third kappa shape index (κ3) is 6.08. The molecular formula is C26H34Cl2N2OS. The maximum Gasteiger partial charge on any atom is 0.0495 e. The van der Waals surface area contributed by atoms with Crippen LogP contribution in [0.15, 0.2) is 35.0 Å². The number of nitrogens with zero attached hydrogens (tertiary/aromatic N) is 2. The molecular weight excluding hydrogens is 459 g/mol. The maximum absolute atomic E-state index is 6.48. The second-order valence-corrected chi connectivity index (χ2v) is 11.7. The van der Waals surface area contributed by atoms with Crippen molar-refractivity contribution >= 4 is 34.5 Å². The molecule has 1 saturated carbocycles. The first-order valence-corrected chi connectivity index (χ1v) is 13.8. The molecule has 3 nitrogen and oxygen atoms in total. The molecule has 0 bridgehead atoms. The Morgan fingerprint density at radius 2 is 1.72 bits per heavy atom. The number of rotatable bonds is 9. The van der Waals surface area contributed by atoms with Crippen LogP contribution in [0.5, 0.6) is 0 Å². The minimum Gasteiger partial charge on any atom is -0.381 e. The molecule has 0 spiro atoms. The summed E-state index contributed by atoms with van der Waals surface area (Å²) in [6.07, 6.45) is 5.33. The summed E-state index contributed by atoms with van der Waals surface area (Å²) in [5.74, 6) is 2.90. The highest BCUT2D eigenvalue weighted by Gasteiger charge is 2.36. The third-order valence-corrected chi connectivity index (χ3v) is 8.79. The Hall–Kier alpha value is -0.620. The summed E-state index contributed by atoms with van der Waals surface area (Å²) < 4.78 is 5.98. The fraction of sp³-hybridized carbons (Fsp3) is 0.615. The molecule has 174 valence electrons. The van der Waals surface area contributed by atoms with E-state index in [2.05, 4.69) is 32.7 Å². The number of benzene rings is 1. The van der Waals surface area contributed by atoms with Crippen molar-refractivity contribution in [2.45, 2.75) is 38.1 Å². The van der Waals surface area contributed by atoms with Crippen LogP contribution >= 0.6 is 34.5 Å². The van der Waals surface area contributed by atoms with Crippen molar-refractivity contribution < 1.29 is 4.74 Å². The fourth-order valence-corrected chi connectivity index (χ4v) is 6.58. The minimum absolute atomic E-state index is 0.604. The lowest BCUT2D eigenvalue weighted by molar-refractivity contribution is 0.0578.